The van der Waals surface area contributed by atoms with Crippen LogP contribution in [0.4, 0.5) is 0 Å². The summed E-state index contributed by atoms with van der Waals surface area (Å²) in [4.78, 5) is 0. The molecule has 0 amide bonds. The zero-order chi connectivity index (χ0) is 12.6. The maximum absolute atomic E-state index is 10.8. The van der Waals surface area contributed by atoms with E-state index in [-0.39, 0.29) is 0 Å². The molecule has 3 rings (SSSR count). The third-order valence-electron chi connectivity index (χ3n) is 5.00. The number of hydrogen-bond acceptors (Lipinski definition) is 1. The van der Waals surface area contributed by atoms with E-state index in [4.69, 9.17) is 0 Å². The average molecular weight is 244 g/mol. The van der Waals surface area contributed by atoms with Crippen molar-refractivity contribution in [3.63, 3.8) is 0 Å². The van der Waals surface area contributed by atoms with Crippen molar-refractivity contribution in [3.05, 3.63) is 35.4 Å². The summed E-state index contributed by atoms with van der Waals surface area (Å²) < 4.78 is 0. The zero-order valence-corrected chi connectivity index (χ0v) is 11.4. The van der Waals surface area contributed by atoms with Crippen LogP contribution in [0.3, 0.4) is 0 Å². The lowest BCUT2D eigenvalue weighted by atomic mass is 9.74. The third kappa shape index (κ3) is 2.21. The fourth-order valence-electron chi connectivity index (χ4n) is 3.59. The van der Waals surface area contributed by atoms with Crippen molar-refractivity contribution >= 4 is 0 Å². The van der Waals surface area contributed by atoms with Crippen LogP contribution in [0.2, 0.25) is 0 Å². The van der Waals surface area contributed by atoms with E-state index in [0.29, 0.717) is 5.92 Å². The van der Waals surface area contributed by atoms with Crippen molar-refractivity contribution in [1.82, 2.24) is 0 Å². The Labute approximate surface area is 110 Å². The predicted molar refractivity (Wildman–Crippen MR) is 74.6 cm³/mol. The maximum Gasteiger partial charge on any atom is 0.0899 e. The normalized spacial score (nSPS) is 33.1. The van der Waals surface area contributed by atoms with E-state index >= 15 is 0 Å². The fraction of sp³-hybridized carbons (Fsp3) is 0.647. The molecule has 2 unspecified atom stereocenters. The van der Waals surface area contributed by atoms with E-state index in [1.54, 1.807) is 0 Å². The Morgan fingerprint density at radius 1 is 1.06 bits per heavy atom. The van der Waals surface area contributed by atoms with Crippen LogP contribution < -0.4 is 0 Å². The van der Waals surface area contributed by atoms with Crippen molar-refractivity contribution < 1.29 is 5.11 Å². The molecule has 2 fully saturated rings. The number of hydrogen-bond donors (Lipinski definition) is 1. The van der Waals surface area contributed by atoms with Crippen molar-refractivity contribution in [2.45, 2.75) is 63.4 Å². The van der Waals surface area contributed by atoms with Crippen LogP contribution in [-0.2, 0) is 5.60 Å². The van der Waals surface area contributed by atoms with E-state index in [1.807, 2.05) is 0 Å². The summed E-state index contributed by atoms with van der Waals surface area (Å²) in [5, 5.41) is 10.8. The standard InChI is InChI=1S/C17H24O/c1-13-4-3-11-17(18,12-13)16-9-7-15(8-10-16)14-5-2-6-14/h7-10,13-14,18H,2-6,11-12H2,1H3. The molecule has 1 aromatic rings. The van der Waals surface area contributed by atoms with Gasteiger partial charge in [-0.2, -0.15) is 0 Å². The Morgan fingerprint density at radius 2 is 1.78 bits per heavy atom. The number of rotatable bonds is 2. The molecule has 2 atom stereocenters. The minimum atomic E-state index is -0.560. The molecule has 0 radical (unpaired) electrons. The second-order valence-corrected chi connectivity index (χ2v) is 6.48. The summed E-state index contributed by atoms with van der Waals surface area (Å²) in [5.74, 6) is 1.44. The van der Waals surface area contributed by atoms with Crippen LogP contribution in [0, 0.1) is 5.92 Å². The molecule has 0 aromatic heterocycles. The molecule has 2 saturated carbocycles. The zero-order valence-electron chi connectivity index (χ0n) is 11.4. The Balaban J connectivity index is 1.78. The molecule has 2 aliphatic carbocycles. The summed E-state index contributed by atoms with van der Waals surface area (Å²) >= 11 is 0. The first-order valence-electron chi connectivity index (χ1n) is 7.50. The van der Waals surface area contributed by atoms with Gasteiger partial charge in [-0.15, -0.1) is 0 Å². The van der Waals surface area contributed by atoms with E-state index in [9.17, 15) is 5.11 Å². The fourth-order valence-corrected chi connectivity index (χ4v) is 3.59. The first-order chi connectivity index (χ1) is 8.67. The van der Waals surface area contributed by atoms with Gasteiger partial charge in [-0.05, 0) is 55.1 Å². The number of benzene rings is 1. The highest BCUT2D eigenvalue weighted by Gasteiger charge is 2.34. The Kier molecular flexibility index (Phi) is 3.19. The summed E-state index contributed by atoms with van der Waals surface area (Å²) in [6.45, 7) is 2.26. The average Bonchev–Trinajstić information content (AvgIpc) is 2.27. The minimum absolute atomic E-state index is 0.560. The minimum Gasteiger partial charge on any atom is -0.385 e. The van der Waals surface area contributed by atoms with E-state index in [0.717, 1.165) is 30.7 Å². The molecule has 0 aliphatic heterocycles. The molecule has 0 heterocycles. The van der Waals surface area contributed by atoms with Crippen molar-refractivity contribution in [2.75, 3.05) is 0 Å². The van der Waals surface area contributed by atoms with Gasteiger partial charge in [0.15, 0.2) is 0 Å². The Hall–Kier alpha value is -0.820. The molecule has 0 spiro atoms. The van der Waals surface area contributed by atoms with Crippen molar-refractivity contribution in [3.8, 4) is 0 Å². The highest BCUT2D eigenvalue weighted by Crippen LogP contribution is 2.41. The lowest BCUT2D eigenvalue weighted by Crippen LogP contribution is -2.31. The van der Waals surface area contributed by atoms with E-state index < -0.39 is 5.60 Å². The first-order valence-corrected chi connectivity index (χ1v) is 7.50. The number of aliphatic hydroxyl groups is 1. The van der Waals surface area contributed by atoms with Gasteiger partial charge in [0.25, 0.3) is 0 Å². The van der Waals surface area contributed by atoms with E-state index in [1.165, 1.54) is 31.2 Å². The lowest BCUT2D eigenvalue weighted by Gasteiger charge is -2.36. The van der Waals surface area contributed by atoms with Crippen LogP contribution >= 0.6 is 0 Å². The van der Waals surface area contributed by atoms with Crippen LogP contribution in [0.1, 0.15) is 68.9 Å². The van der Waals surface area contributed by atoms with Gasteiger partial charge in [-0.3, -0.25) is 0 Å². The lowest BCUT2D eigenvalue weighted by molar-refractivity contribution is -0.0178. The summed E-state index contributed by atoms with van der Waals surface area (Å²) in [6.07, 6.45) is 8.36. The van der Waals surface area contributed by atoms with Crippen LogP contribution in [0.25, 0.3) is 0 Å². The second kappa shape index (κ2) is 4.70. The summed E-state index contributed by atoms with van der Waals surface area (Å²) in [7, 11) is 0. The SMILES string of the molecule is CC1CCCC(O)(c2ccc(C3CCC3)cc2)C1. The molecule has 18 heavy (non-hydrogen) atoms. The topological polar surface area (TPSA) is 20.2 Å². The van der Waals surface area contributed by atoms with Gasteiger partial charge < -0.3 is 5.11 Å². The van der Waals surface area contributed by atoms with Crippen LogP contribution in [-0.4, -0.2) is 5.11 Å². The van der Waals surface area contributed by atoms with Crippen LogP contribution in [0.15, 0.2) is 24.3 Å². The van der Waals surface area contributed by atoms with Gasteiger partial charge in [0.2, 0.25) is 0 Å². The third-order valence-corrected chi connectivity index (χ3v) is 5.00. The smallest absolute Gasteiger partial charge is 0.0899 e. The van der Waals surface area contributed by atoms with Gasteiger partial charge in [0, 0.05) is 0 Å². The van der Waals surface area contributed by atoms with Gasteiger partial charge >= 0.3 is 0 Å². The van der Waals surface area contributed by atoms with Gasteiger partial charge in [0.1, 0.15) is 0 Å². The quantitative estimate of drug-likeness (QED) is 0.820. The monoisotopic (exact) mass is 244 g/mol. The molecule has 0 saturated heterocycles. The predicted octanol–water partition coefficient (Wildman–Crippen LogP) is 4.35. The molecular formula is C17H24O. The molecule has 98 valence electrons. The van der Waals surface area contributed by atoms with Crippen molar-refractivity contribution in [2.24, 2.45) is 5.92 Å². The molecule has 1 N–H and O–H groups in total. The summed E-state index contributed by atoms with van der Waals surface area (Å²) in [6, 6.07) is 8.84. The molecule has 1 nitrogen and oxygen atoms in total. The molecular weight excluding hydrogens is 220 g/mol. The highest BCUT2D eigenvalue weighted by molar-refractivity contribution is 5.30. The Morgan fingerprint density at radius 3 is 2.33 bits per heavy atom. The molecule has 2 aliphatic rings. The largest absolute Gasteiger partial charge is 0.385 e. The Bertz CT molecular complexity index is 404. The molecule has 0 bridgehead atoms. The molecule has 1 heteroatoms. The summed E-state index contributed by atoms with van der Waals surface area (Å²) in [5.41, 5.74) is 2.05. The van der Waals surface area contributed by atoms with Crippen molar-refractivity contribution in [1.29, 1.82) is 0 Å². The van der Waals surface area contributed by atoms with Gasteiger partial charge in [-0.25, -0.2) is 0 Å². The van der Waals surface area contributed by atoms with Gasteiger partial charge in [0.05, 0.1) is 5.60 Å². The maximum atomic E-state index is 10.8. The van der Waals surface area contributed by atoms with Crippen LogP contribution in [0.5, 0.6) is 0 Å². The van der Waals surface area contributed by atoms with E-state index in [2.05, 4.69) is 31.2 Å². The first kappa shape index (κ1) is 12.2. The second-order valence-electron chi connectivity index (χ2n) is 6.48. The van der Waals surface area contributed by atoms with Gasteiger partial charge in [-0.1, -0.05) is 44.0 Å². The highest BCUT2D eigenvalue weighted by atomic mass is 16.3. The molecule has 1 aromatic carbocycles.